The van der Waals surface area contributed by atoms with Crippen molar-refractivity contribution in [3.8, 4) is 0 Å². The molecule has 2 unspecified atom stereocenters. The van der Waals surface area contributed by atoms with E-state index in [0.29, 0.717) is 6.04 Å². The van der Waals surface area contributed by atoms with Crippen molar-refractivity contribution in [3.05, 3.63) is 0 Å². The summed E-state index contributed by atoms with van der Waals surface area (Å²) in [5.41, 5.74) is 0. The lowest BCUT2D eigenvalue weighted by atomic mass is 9.90. The van der Waals surface area contributed by atoms with Crippen LogP contribution >= 0.6 is 0 Å². The number of hydrogen-bond donors (Lipinski definition) is 1. The summed E-state index contributed by atoms with van der Waals surface area (Å²) in [5.74, 6) is 0.0883. The van der Waals surface area contributed by atoms with Gasteiger partial charge in [0.15, 0.2) is 0 Å². The zero-order valence-corrected chi connectivity index (χ0v) is 8.51. The zero-order chi connectivity index (χ0) is 9.68. The van der Waals surface area contributed by atoms with E-state index in [1.165, 1.54) is 13.5 Å². The van der Waals surface area contributed by atoms with Gasteiger partial charge in [0.1, 0.15) is 0 Å². The Hall–Kier alpha value is -0.570. The highest BCUT2D eigenvalue weighted by Gasteiger charge is 2.26. The van der Waals surface area contributed by atoms with Gasteiger partial charge >= 0.3 is 5.97 Å². The molecule has 0 aromatic heterocycles. The first-order valence-corrected chi connectivity index (χ1v) is 5.09. The van der Waals surface area contributed by atoms with Crippen molar-refractivity contribution < 1.29 is 9.53 Å². The molecule has 0 aromatic carbocycles. The van der Waals surface area contributed by atoms with Gasteiger partial charge in [0, 0.05) is 6.04 Å². The highest BCUT2D eigenvalue weighted by atomic mass is 16.5. The first-order valence-electron chi connectivity index (χ1n) is 5.09. The number of carbonyl (C=O) groups excluding carboxylic acids is 1. The average Bonchev–Trinajstić information content (AvgIpc) is 2.18. The molecule has 1 N–H and O–H groups in total. The van der Waals surface area contributed by atoms with Crippen LogP contribution in [-0.2, 0) is 9.53 Å². The molecule has 3 heteroatoms. The van der Waals surface area contributed by atoms with Gasteiger partial charge in [0.05, 0.1) is 13.0 Å². The summed E-state index contributed by atoms with van der Waals surface area (Å²) in [4.78, 5) is 11.3. The Morgan fingerprint density at radius 1 is 1.62 bits per heavy atom. The van der Waals surface area contributed by atoms with E-state index in [1.807, 2.05) is 0 Å². The number of rotatable bonds is 3. The van der Waals surface area contributed by atoms with Crippen LogP contribution in [0, 0.1) is 5.92 Å². The minimum Gasteiger partial charge on any atom is -0.469 e. The molecule has 0 spiro atoms. The van der Waals surface area contributed by atoms with Gasteiger partial charge < -0.3 is 10.1 Å². The second kappa shape index (κ2) is 5.22. The summed E-state index contributed by atoms with van der Waals surface area (Å²) in [6.45, 7) is 3.12. The van der Waals surface area contributed by atoms with E-state index < -0.39 is 0 Å². The molecule has 1 aliphatic rings. The summed E-state index contributed by atoms with van der Waals surface area (Å²) in [6.07, 6.45) is 4.20. The maximum atomic E-state index is 11.3. The molecule has 1 fully saturated rings. The molecule has 13 heavy (non-hydrogen) atoms. The Balaban J connectivity index is 2.37. The third kappa shape index (κ3) is 2.99. The van der Waals surface area contributed by atoms with Crippen molar-refractivity contribution in [3.63, 3.8) is 0 Å². The molecule has 2 atom stereocenters. The number of ether oxygens (including phenoxy) is 1. The third-order valence-electron chi connectivity index (χ3n) is 2.67. The van der Waals surface area contributed by atoms with Crippen LogP contribution in [0.2, 0.25) is 0 Å². The molecule has 1 saturated heterocycles. The largest absolute Gasteiger partial charge is 0.469 e. The standard InChI is InChI=1S/C10H19NO2/c1-3-4-9-7-8(5-6-11-9)10(12)13-2/h8-9,11H,3-7H2,1-2H3. The van der Waals surface area contributed by atoms with Crippen molar-refractivity contribution in [2.75, 3.05) is 13.7 Å². The van der Waals surface area contributed by atoms with Gasteiger partial charge in [-0.2, -0.15) is 0 Å². The summed E-state index contributed by atoms with van der Waals surface area (Å²) in [6, 6.07) is 0.517. The lowest BCUT2D eigenvalue weighted by Gasteiger charge is -2.28. The Morgan fingerprint density at radius 3 is 3.00 bits per heavy atom. The van der Waals surface area contributed by atoms with Crippen molar-refractivity contribution in [1.29, 1.82) is 0 Å². The fourth-order valence-corrected chi connectivity index (χ4v) is 1.96. The van der Waals surface area contributed by atoms with Gasteiger partial charge in [-0.25, -0.2) is 0 Å². The van der Waals surface area contributed by atoms with Gasteiger partial charge in [-0.1, -0.05) is 13.3 Å². The van der Waals surface area contributed by atoms with E-state index in [9.17, 15) is 4.79 Å². The molecule has 1 rings (SSSR count). The predicted molar refractivity (Wildman–Crippen MR) is 51.4 cm³/mol. The molecule has 3 nitrogen and oxygen atoms in total. The molecular weight excluding hydrogens is 166 g/mol. The quantitative estimate of drug-likeness (QED) is 0.674. The molecule has 76 valence electrons. The van der Waals surface area contributed by atoms with E-state index >= 15 is 0 Å². The minimum atomic E-state index is -0.0393. The number of esters is 1. The monoisotopic (exact) mass is 185 g/mol. The van der Waals surface area contributed by atoms with Crippen LogP contribution in [-0.4, -0.2) is 25.7 Å². The van der Waals surface area contributed by atoms with Crippen LogP contribution in [0.1, 0.15) is 32.6 Å². The summed E-state index contributed by atoms with van der Waals surface area (Å²) < 4.78 is 4.75. The molecule has 1 aliphatic heterocycles. The second-order valence-electron chi connectivity index (χ2n) is 3.68. The molecule has 0 radical (unpaired) electrons. The Kier molecular flexibility index (Phi) is 4.22. The highest BCUT2D eigenvalue weighted by molar-refractivity contribution is 5.72. The van der Waals surface area contributed by atoms with Crippen molar-refractivity contribution in [2.24, 2.45) is 5.92 Å². The summed E-state index contributed by atoms with van der Waals surface area (Å²) >= 11 is 0. The topological polar surface area (TPSA) is 38.3 Å². The molecule has 1 heterocycles. The van der Waals surface area contributed by atoms with E-state index in [4.69, 9.17) is 4.74 Å². The van der Waals surface area contributed by atoms with Crippen LogP contribution in [0.4, 0.5) is 0 Å². The molecule has 0 aromatic rings. The van der Waals surface area contributed by atoms with Crippen molar-refractivity contribution >= 4 is 5.97 Å². The van der Waals surface area contributed by atoms with Crippen LogP contribution in [0.15, 0.2) is 0 Å². The van der Waals surface area contributed by atoms with Crippen LogP contribution in [0.5, 0.6) is 0 Å². The van der Waals surface area contributed by atoms with Crippen molar-refractivity contribution in [1.82, 2.24) is 5.32 Å². The molecule has 0 amide bonds. The third-order valence-corrected chi connectivity index (χ3v) is 2.67. The number of nitrogens with one attached hydrogen (secondary N) is 1. The molecule has 0 aliphatic carbocycles. The Labute approximate surface area is 79.8 Å². The van der Waals surface area contributed by atoms with E-state index in [0.717, 1.165) is 25.8 Å². The van der Waals surface area contributed by atoms with Gasteiger partial charge in [-0.3, -0.25) is 4.79 Å². The maximum Gasteiger partial charge on any atom is 0.308 e. The van der Waals surface area contributed by atoms with Crippen molar-refractivity contribution in [2.45, 2.75) is 38.6 Å². The van der Waals surface area contributed by atoms with Gasteiger partial charge in [-0.15, -0.1) is 0 Å². The number of methoxy groups -OCH3 is 1. The normalized spacial score (nSPS) is 28.5. The van der Waals surface area contributed by atoms with Crippen LogP contribution < -0.4 is 5.32 Å². The zero-order valence-electron chi connectivity index (χ0n) is 8.51. The molecule has 0 saturated carbocycles. The minimum absolute atomic E-state index is 0.0393. The Bertz CT molecular complexity index is 168. The predicted octanol–water partition coefficient (Wildman–Crippen LogP) is 1.33. The fourth-order valence-electron chi connectivity index (χ4n) is 1.96. The highest BCUT2D eigenvalue weighted by Crippen LogP contribution is 2.19. The lowest BCUT2D eigenvalue weighted by molar-refractivity contribution is -0.146. The smallest absolute Gasteiger partial charge is 0.308 e. The number of carbonyl (C=O) groups is 1. The van der Waals surface area contributed by atoms with Crippen LogP contribution in [0.25, 0.3) is 0 Å². The van der Waals surface area contributed by atoms with Gasteiger partial charge in [-0.05, 0) is 25.8 Å². The number of piperidine rings is 1. The van der Waals surface area contributed by atoms with Crippen LogP contribution in [0.3, 0.4) is 0 Å². The lowest BCUT2D eigenvalue weighted by Crippen LogP contribution is -2.40. The Morgan fingerprint density at radius 2 is 2.38 bits per heavy atom. The summed E-state index contributed by atoms with van der Waals surface area (Å²) in [7, 11) is 1.47. The first-order chi connectivity index (χ1) is 6.27. The summed E-state index contributed by atoms with van der Waals surface area (Å²) in [5, 5.41) is 3.42. The first kappa shape index (κ1) is 10.5. The van der Waals surface area contributed by atoms with E-state index in [-0.39, 0.29) is 11.9 Å². The average molecular weight is 185 g/mol. The van der Waals surface area contributed by atoms with Gasteiger partial charge in [0.2, 0.25) is 0 Å². The SMILES string of the molecule is CCCC1CC(C(=O)OC)CCN1. The van der Waals surface area contributed by atoms with E-state index in [1.54, 1.807) is 0 Å². The number of hydrogen-bond acceptors (Lipinski definition) is 3. The maximum absolute atomic E-state index is 11.3. The molecular formula is C10H19NO2. The van der Waals surface area contributed by atoms with Gasteiger partial charge in [0.25, 0.3) is 0 Å². The molecule has 0 bridgehead atoms. The van der Waals surface area contributed by atoms with E-state index in [2.05, 4.69) is 12.2 Å². The second-order valence-corrected chi connectivity index (χ2v) is 3.68. The fraction of sp³-hybridized carbons (Fsp3) is 0.900.